The van der Waals surface area contributed by atoms with Crippen molar-refractivity contribution in [2.45, 2.75) is 46.3 Å². The predicted octanol–water partition coefficient (Wildman–Crippen LogP) is 0.850. The molecule has 0 radical (unpaired) electrons. The van der Waals surface area contributed by atoms with E-state index in [4.69, 9.17) is 0 Å². The van der Waals surface area contributed by atoms with Gasteiger partial charge >= 0.3 is 0 Å². The van der Waals surface area contributed by atoms with Crippen LogP contribution < -0.4 is 5.32 Å². The van der Waals surface area contributed by atoms with Crippen LogP contribution in [0, 0.1) is 11.3 Å². The molecule has 1 aliphatic rings. The lowest BCUT2D eigenvalue weighted by Gasteiger charge is -2.41. The summed E-state index contributed by atoms with van der Waals surface area (Å²) in [4.78, 5) is 14.2. The van der Waals surface area contributed by atoms with Crippen molar-refractivity contribution >= 4 is 5.91 Å². The summed E-state index contributed by atoms with van der Waals surface area (Å²) < 4.78 is 0. The summed E-state index contributed by atoms with van der Waals surface area (Å²) in [5, 5.41) is 12.9. The molecule has 1 heterocycles. The highest BCUT2D eigenvalue weighted by Crippen LogP contribution is 2.25. The molecule has 0 bridgehead atoms. The SMILES string of the molecule is CNC1CC(C(C)O)CN(C(=O)C(C)(C)C)C1. The zero-order chi connectivity index (χ0) is 13.2. The molecule has 4 nitrogen and oxygen atoms in total. The number of nitrogens with one attached hydrogen (secondary N) is 1. The number of carbonyl (C=O) groups excluding carboxylic acids is 1. The van der Waals surface area contributed by atoms with Crippen molar-refractivity contribution in [3.63, 3.8) is 0 Å². The minimum atomic E-state index is -0.360. The van der Waals surface area contributed by atoms with E-state index in [-0.39, 0.29) is 29.4 Å². The Hall–Kier alpha value is -0.610. The lowest BCUT2D eigenvalue weighted by molar-refractivity contribution is -0.142. The maximum atomic E-state index is 12.3. The molecule has 1 aliphatic heterocycles. The van der Waals surface area contributed by atoms with Gasteiger partial charge in [-0.3, -0.25) is 4.79 Å². The molecule has 3 unspecified atom stereocenters. The second kappa shape index (κ2) is 5.36. The highest BCUT2D eigenvalue weighted by Gasteiger charge is 2.35. The number of likely N-dealkylation sites (N-methyl/N-ethyl adjacent to an activating group) is 1. The summed E-state index contributed by atoms with van der Waals surface area (Å²) in [6.45, 7) is 9.05. The first-order valence-electron chi connectivity index (χ1n) is 6.40. The second-order valence-corrected chi connectivity index (χ2v) is 6.18. The standard InChI is InChI=1S/C13H26N2O2/c1-9(16)10-6-11(14-5)8-15(7-10)12(17)13(2,3)4/h9-11,14,16H,6-8H2,1-5H3. The largest absolute Gasteiger partial charge is 0.393 e. The topological polar surface area (TPSA) is 52.6 Å². The Balaban J connectivity index is 2.75. The molecule has 1 amide bonds. The molecule has 0 aromatic carbocycles. The first-order chi connectivity index (χ1) is 7.75. The van der Waals surface area contributed by atoms with Crippen LogP contribution in [0.5, 0.6) is 0 Å². The van der Waals surface area contributed by atoms with Crippen LogP contribution in [0.25, 0.3) is 0 Å². The molecule has 3 atom stereocenters. The minimum Gasteiger partial charge on any atom is -0.393 e. The molecule has 1 fully saturated rings. The number of hydrogen-bond acceptors (Lipinski definition) is 3. The number of amides is 1. The third-order valence-corrected chi connectivity index (χ3v) is 3.50. The van der Waals surface area contributed by atoms with Gasteiger partial charge in [-0.05, 0) is 20.4 Å². The summed E-state index contributed by atoms with van der Waals surface area (Å²) in [6.07, 6.45) is 0.573. The van der Waals surface area contributed by atoms with E-state index in [1.165, 1.54) is 0 Å². The highest BCUT2D eigenvalue weighted by atomic mass is 16.3. The third-order valence-electron chi connectivity index (χ3n) is 3.50. The molecule has 100 valence electrons. The lowest BCUT2D eigenvalue weighted by atomic mass is 9.87. The number of nitrogens with zero attached hydrogens (tertiary/aromatic N) is 1. The Bertz CT molecular complexity index is 271. The van der Waals surface area contributed by atoms with Crippen LogP contribution in [0.15, 0.2) is 0 Å². The number of aliphatic hydroxyl groups excluding tert-OH is 1. The van der Waals surface area contributed by atoms with Crippen LogP contribution in [-0.2, 0) is 4.79 Å². The summed E-state index contributed by atoms with van der Waals surface area (Å²) in [5.41, 5.74) is -0.348. The van der Waals surface area contributed by atoms with Crippen molar-refractivity contribution in [3.8, 4) is 0 Å². The van der Waals surface area contributed by atoms with E-state index in [9.17, 15) is 9.90 Å². The molecule has 17 heavy (non-hydrogen) atoms. The number of likely N-dealkylation sites (tertiary alicyclic amines) is 1. The van der Waals surface area contributed by atoms with E-state index < -0.39 is 0 Å². The molecular formula is C13H26N2O2. The van der Waals surface area contributed by atoms with Gasteiger partial charge in [0.1, 0.15) is 0 Å². The molecular weight excluding hydrogens is 216 g/mol. The van der Waals surface area contributed by atoms with E-state index in [0.29, 0.717) is 6.54 Å². The summed E-state index contributed by atoms with van der Waals surface area (Å²) >= 11 is 0. The molecule has 0 aliphatic carbocycles. The molecule has 2 N–H and O–H groups in total. The van der Waals surface area contributed by atoms with E-state index in [1.807, 2.05) is 39.6 Å². The quantitative estimate of drug-likeness (QED) is 0.755. The number of aliphatic hydroxyl groups is 1. The maximum Gasteiger partial charge on any atom is 0.228 e. The summed E-state index contributed by atoms with van der Waals surface area (Å²) in [6, 6.07) is 0.287. The Morgan fingerprint density at radius 3 is 2.41 bits per heavy atom. The zero-order valence-corrected chi connectivity index (χ0v) is 11.7. The number of carbonyl (C=O) groups is 1. The zero-order valence-electron chi connectivity index (χ0n) is 11.7. The Morgan fingerprint density at radius 1 is 1.41 bits per heavy atom. The van der Waals surface area contributed by atoms with Crippen molar-refractivity contribution in [2.75, 3.05) is 20.1 Å². The molecule has 1 saturated heterocycles. The normalized spacial score (nSPS) is 28.0. The van der Waals surface area contributed by atoms with Crippen molar-refractivity contribution in [1.29, 1.82) is 0 Å². The van der Waals surface area contributed by atoms with Gasteiger partial charge in [0, 0.05) is 30.5 Å². The smallest absolute Gasteiger partial charge is 0.228 e. The van der Waals surface area contributed by atoms with E-state index in [1.54, 1.807) is 0 Å². The van der Waals surface area contributed by atoms with E-state index in [2.05, 4.69) is 5.32 Å². The molecule has 1 rings (SSSR count). The number of hydrogen-bond donors (Lipinski definition) is 2. The van der Waals surface area contributed by atoms with Gasteiger partial charge in [-0.15, -0.1) is 0 Å². The van der Waals surface area contributed by atoms with Crippen LogP contribution in [0.1, 0.15) is 34.1 Å². The first-order valence-corrected chi connectivity index (χ1v) is 6.40. The van der Waals surface area contributed by atoms with Gasteiger partial charge in [-0.25, -0.2) is 0 Å². The minimum absolute atomic E-state index is 0.170. The predicted molar refractivity (Wildman–Crippen MR) is 68.7 cm³/mol. The molecule has 0 spiro atoms. The molecule has 0 saturated carbocycles. The van der Waals surface area contributed by atoms with Crippen molar-refractivity contribution < 1.29 is 9.90 Å². The van der Waals surface area contributed by atoms with Gasteiger partial charge in [0.2, 0.25) is 5.91 Å². The van der Waals surface area contributed by atoms with Crippen LogP contribution in [0.2, 0.25) is 0 Å². The Labute approximate surface area is 104 Å². The van der Waals surface area contributed by atoms with E-state index >= 15 is 0 Å². The van der Waals surface area contributed by atoms with Crippen molar-refractivity contribution in [2.24, 2.45) is 11.3 Å². The number of piperidine rings is 1. The average Bonchev–Trinajstić information content (AvgIpc) is 2.26. The third kappa shape index (κ3) is 3.68. The molecule has 0 aromatic rings. The van der Waals surface area contributed by atoms with Gasteiger partial charge in [0.15, 0.2) is 0 Å². The average molecular weight is 242 g/mol. The summed E-state index contributed by atoms with van der Waals surface area (Å²) in [5.74, 6) is 0.343. The highest BCUT2D eigenvalue weighted by molar-refractivity contribution is 5.81. The van der Waals surface area contributed by atoms with Crippen LogP contribution in [0.4, 0.5) is 0 Å². The van der Waals surface area contributed by atoms with Crippen molar-refractivity contribution in [3.05, 3.63) is 0 Å². The van der Waals surface area contributed by atoms with Gasteiger partial charge < -0.3 is 15.3 Å². The fourth-order valence-corrected chi connectivity index (χ4v) is 2.34. The van der Waals surface area contributed by atoms with Crippen LogP contribution >= 0.6 is 0 Å². The fraction of sp³-hybridized carbons (Fsp3) is 0.923. The molecule has 4 heteroatoms. The van der Waals surface area contributed by atoms with Crippen LogP contribution in [0.3, 0.4) is 0 Å². The fourth-order valence-electron chi connectivity index (χ4n) is 2.34. The van der Waals surface area contributed by atoms with Gasteiger partial charge in [0.25, 0.3) is 0 Å². The maximum absolute atomic E-state index is 12.3. The van der Waals surface area contributed by atoms with E-state index in [0.717, 1.165) is 13.0 Å². The summed E-state index contributed by atoms with van der Waals surface area (Å²) in [7, 11) is 1.91. The lowest BCUT2D eigenvalue weighted by Crippen LogP contribution is -2.54. The first kappa shape index (κ1) is 14.5. The van der Waals surface area contributed by atoms with Crippen molar-refractivity contribution in [1.82, 2.24) is 10.2 Å². The van der Waals surface area contributed by atoms with Gasteiger partial charge in [-0.1, -0.05) is 20.8 Å². The van der Waals surface area contributed by atoms with Gasteiger partial charge in [-0.2, -0.15) is 0 Å². The van der Waals surface area contributed by atoms with Gasteiger partial charge in [0.05, 0.1) is 6.10 Å². The van der Waals surface area contributed by atoms with Crippen LogP contribution in [-0.4, -0.2) is 48.2 Å². The Morgan fingerprint density at radius 2 is 2.00 bits per heavy atom. The number of rotatable bonds is 2. The second-order valence-electron chi connectivity index (χ2n) is 6.18. The molecule has 0 aromatic heterocycles. The Kier molecular flexibility index (Phi) is 4.55. The monoisotopic (exact) mass is 242 g/mol.